The molecule has 0 saturated carbocycles. The Kier molecular flexibility index (Phi) is 4.91. The first-order valence-corrected chi connectivity index (χ1v) is 7.18. The normalized spacial score (nSPS) is 10.0. The maximum absolute atomic E-state index is 12.3. The van der Waals surface area contributed by atoms with E-state index >= 15 is 0 Å². The lowest BCUT2D eigenvalue weighted by atomic mass is 10.0. The maximum Gasteiger partial charge on any atom is 0.255 e. The SMILES string of the molecule is CC(=O)Nc1ccc(C(=O)Nc2cccc(C)c2C(C)=O)cc1. The number of carbonyl (C=O) groups excluding carboxylic acids is 3. The second-order valence-electron chi connectivity index (χ2n) is 5.27. The third-order valence-corrected chi connectivity index (χ3v) is 3.34. The Balaban J connectivity index is 2.21. The van der Waals surface area contributed by atoms with Crippen LogP contribution < -0.4 is 10.6 Å². The van der Waals surface area contributed by atoms with Gasteiger partial charge in [0.2, 0.25) is 5.91 Å². The summed E-state index contributed by atoms with van der Waals surface area (Å²) in [7, 11) is 0. The van der Waals surface area contributed by atoms with Crippen molar-refractivity contribution in [3.8, 4) is 0 Å². The summed E-state index contributed by atoms with van der Waals surface area (Å²) >= 11 is 0. The van der Waals surface area contributed by atoms with Crippen molar-refractivity contribution in [3.05, 3.63) is 59.2 Å². The number of anilines is 2. The molecule has 5 heteroatoms. The predicted molar refractivity (Wildman–Crippen MR) is 89.9 cm³/mol. The zero-order valence-corrected chi connectivity index (χ0v) is 13.3. The standard InChI is InChI=1S/C18H18N2O3/c1-11-5-4-6-16(17(11)12(2)21)20-18(23)14-7-9-15(10-8-14)19-13(3)22/h4-10H,1-3H3,(H,19,22)(H,20,23). The van der Waals surface area contributed by atoms with Crippen molar-refractivity contribution in [1.29, 1.82) is 0 Å². The molecule has 0 aliphatic rings. The van der Waals surface area contributed by atoms with Gasteiger partial charge in [-0.2, -0.15) is 0 Å². The molecular formula is C18H18N2O3. The molecule has 23 heavy (non-hydrogen) atoms. The lowest BCUT2D eigenvalue weighted by Gasteiger charge is -2.12. The van der Waals surface area contributed by atoms with Gasteiger partial charge in [-0.15, -0.1) is 0 Å². The Morgan fingerprint density at radius 2 is 1.52 bits per heavy atom. The van der Waals surface area contributed by atoms with Gasteiger partial charge in [-0.25, -0.2) is 0 Å². The van der Waals surface area contributed by atoms with E-state index in [1.54, 1.807) is 36.4 Å². The monoisotopic (exact) mass is 310 g/mol. The molecular weight excluding hydrogens is 292 g/mol. The number of ketones is 1. The molecule has 118 valence electrons. The molecule has 5 nitrogen and oxygen atoms in total. The zero-order valence-electron chi connectivity index (χ0n) is 13.3. The summed E-state index contributed by atoms with van der Waals surface area (Å²) in [6.07, 6.45) is 0. The highest BCUT2D eigenvalue weighted by atomic mass is 16.2. The highest BCUT2D eigenvalue weighted by Gasteiger charge is 2.13. The van der Waals surface area contributed by atoms with E-state index < -0.39 is 0 Å². The third-order valence-electron chi connectivity index (χ3n) is 3.34. The molecule has 2 amide bonds. The average Bonchev–Trinajstić information content (AvgIpc) is 2.47. The van der Waals surface area contributed by atoms with E-state index in [1.165, 1.54) is 13.8 Å². The minimum atomic E-state index is -0.313. The summed E-state index contributed by atoms with van der Waals surface area (Å²) in [4.78, 5) is 35.1. The minimum Gasteiger partial charge on any atom is -0.326 e. The van der Waals surface area contributed by atoms with Crippen LogP contribution in [0.5, 0.6) is 0 Å². The van der Waals surface area contributed by atoms with Crippen LogP contribution in [0, 0.1) is 6.92 Å². The first kappa shape index (κ1) is 16.4. The number of hydrogen-bond acceptors (Lipinski definition) is 3. The van der Waals surface area contributed by atoms with E-state index in [4.69, 9.17) is 0 Å². The van der Waals surface area contributed by atoms with Crippen molar-refractivity contribution in [2.24, 2.45) is 0 Å². The number of Topliss-reactive ketones (excluding diaryl/α,β-unsaturated/α-hetero) is 1. The lowest BCUT2D eigenvalue weighted by molar-refractivity contribution is -0.114. The van der Waals surface area contributed by atoms with Crippen LogP contribution in [0.1, 0.15) is 40.1 Å². The quantitative estimate of drug-likeness (QED) is 0.850. The molecule has 2 aromatic carbocycles. The minimum absolute atomic E-state index is 0.0978. The van der Waals surface area contributed by atoms with Gasteiger partial charge in [0.05, 0.1) is 5.69 Å². The van der Waals surface area contributed by atoms with Gasteiger partial charge in [0, 0.05) is 23.7 Å². The molecule has 0 aromatic heterocycles. The van der Waals surface area contributed by atoms with Crippen LogP contribution in [0.2, 0.25) is 0 Å². The summed E-state index contributed by atoms with van der Waals surface area (Å²) in [5.74, 6) is -0.583. The second kappa shape index (κ2) is 6.87. The first-order valence-electron chi connectivity index (χ1n) is 7.18. The topological polar surface area (TPSA) is 75.3 Å². The molecule has 0 spiro atoms. The summed E-state index contributed by atoms with van der Waals surface area (Å²) in [6, 6.07) is 11.9. The number of nitrogens with one attached hydrogen (secondary N) is 2. The van der Waals surface area contributed by atoms with Crippen LogP contribution in [0.3, 0.4) is 0 Å². The number of aryl methyl sites for hydroxylation is 1. The second-order valence-corrected chi connectivity index (χ2v) is 5.27. The van der Waals surface area contributed by atoms with Gasteiger partial charge >= 0.3 is 0 Å². The molecule has 0 saturated heterocycles. The smallest absolute Gasteiger partial charge is 0.255 e. The van der Waals surface area contributed by atoms with Crippen LogP contribution >= 0.6 is 0 Å². The summed E-state index contributed by atoms with van der Waals surface area (Å²) < 4.78 is 0. The van der Waals surface area contributed by atoms with E-state index in [-0.39, 0.29) is 17.6 Å². The Morgan fingerprint density at radius 3 is 2.09 bits per heavy atom. The van der Waals surface area contributed by atoms with Crippen molar-refractivity contribution in [2.75, 3.05) is 10.6 Å². The van der Waals surface area contributed by atoms with Crippen LogP contribution in [0.15, 0.2) is 42.5 Å². The maximum atomic E-state index is 12.3. The Labute approximate surface area is 134 Å². The van der Waals surface area contributed by atoms with Gasteiger partial charge in [-0.3, -0.25) is 14.4 Å². The van der Waals surface area contributed by atoms with E-state index in [0.717, 1.165) is 5.56 Å². The third kappa shape index (κ3) is 4.03. The molecule has 0 aliphatic carbocycles. The molecule has 2 N–H and O–H groups in total. The van der Waals surface area contributed by atoms with E-state index in [0.29, 0.717) is 22.5 Å². The Hall–Kier alpha value is -2.95. The van der Waals surface area contributed by atoms with Crippen LogP contribution in [-0.4, -0.2) is 17.6 Å². The number of benzene rings is 2. The fourth-order valence-electron chi connectivity index (χ4n) is 2.34. The fourth-order valence-corrected chi connectivity index (χ4v) is 2.34. The van der Waals surface area contributed by atoms with Gasteiger partial charge in [0.15, 0.2) is 5.78 Å². The van der Waals surface area contributed by atoms with E-state index in [9.17, 15) is 14.4 Å². The van der Waals surface area contributed by atoms with Gasteiger partial charge in [0.25, 0.3) is 5.91 Å². The molecule has 0 heterocycles. The molecule has 0 aliphatic heterocycles. The molecule has 2 aromatic rings. The predicted octanol–water partition coefficient (Wildman–Crippen LogP) is 3.41. The van der Waals surface area contributed by atoms with Gasteiger partial charge < -0.3 is 10.6 Å². The van der Waals surface area contributed by atoms with Crippen LogP contribution in [-0.2, 0) is 4.79 Å². The molecule has 0 radical (unpaired) electrons. The summed E-state index contributed by atoms with van der Waals surface area (Å²) in [5.41, 5.74) is 2.88. The summed E-state index contributed by atoms with van der Waals surface area (Å²) in [5, 5.41) is 5.40. The van der Waals surface area contributed by atoms with Crippen LogP contribution in [0.4, 0.5) is 11.4 Å². The average molecular weight is 310 g/mol. The fraction of sp³-hybridized carbons (Fsp3) is 0.167. The highest BCUT2D eigenvalue weighted by molar-refractivity contribution is 6.09. The van der Waals surface area contributed by atoms with Crippen molar-refractivity contribution >= 4 is 29.0 Å². The lowest BCUT2D eigenvalue weighted by Crippen LogP contribution is -2.15. The van der Waals surface area contributed by atoms with Crippen molar-refractivity contribution in [2.45, 2.75) is 20.8 Å². The largest absolute Gasteiger partial charge is 0.326 e. The molecule has 0 atom stereocenters. The van der Waals surface area contributed by atoms with Crippen LogP contribution in [0.25, 0.3) is 0 Å². The number of hydrogen-bond donors (Lipinski definition) is 2. The number of rotatable bonds is 4. The van der Waals surface area contributed by atoms with E-state index in [1.807, 2.05) is 13.0 Å². The van der Waals surface area contributed by atoms with Crippen molar-refractivity contribution in [1.82, 2.24) is 0 Å². The van der Waals surface area contributed by atoms with Gasteiger partial charge in [-0.1, -0.05) is 12.1 Å². The Bertz CT molecular complexity index is 764. The van der Waals surface area contributed by atoms with Gasteiger partial charge in [0.1, 0.15) is 0 Å². The summed E-state index contributed by atoms with van der Waals surface area (Å²) in [6.45, 7) is 4.72. The highest BCUT2D eigenvalue weighted by Crippen LogP contribution is 2.21. The number of carbonyl (C=O) groups is 3. The molecule has 0 fully saturated rings. The van der Waals surface area contributed by atoms with Crippen molar-refractivity contribution < 1.29 is 14.4 Å². The zero-order chi connectivity index (χ0) is 17.0. The van der Waals surface area contributed by atoms with Crippen molar-refractivity contribution in [3.63, 3.8) is 0 Å². The number of amides is 2. The molecule has 2 rings (SSSR count). The molecule has 0 unspecified atom stereocenters. The van der Waals surface area contributed by atoms with E-state index in [2.05, 4.69) is 10.6 Å². The Morgan fingerprint density at radius 1 is 0.870 bits per heavy atom. The molecule has 0 bridgehead atoms. The van der Waals surface area contributed by atoms with Gasteiger partial charge in [-0.05, 0) is 49.7 Å². The first-order chi connectivity index (χ1) is 10.9.